The molecule has 2 aromatic carbocycles. The van der Waals surface area contributed by atoms with E-state index >= 15 is 0 Å². The number of ether oxygens (including phenoxy) is 1. The van der Waals surface area contributed by atoms with Gasteiger partial charge in [-0.05, 0) is 71.3 Å². The quantitative estimate of drug-likeness (QED) is 0.385. The topological polar surface area (TPSA) is 104 Å². The van der Waals surface area contributed by atoms with Crippen LogP contribution in [0.15, 0.2) is 77.9 Å². The summed E-state index contributed by atoms with van der Waals surface area (Å²) in [6, 6.07) is 17.0. The zero-order chi connectivity index (χ0) is 28.6. The molecule has 1 spiro atoms. The van der Waals surface area contributed by atoms with Crippen molar-refractivity contribution in [2.24, 2.45) is 34.5 Å². The standard InChI is InChI=1S/C34H38O6/c1-19-17-33-20(2)14-26-27(32(26,3)4)25(29(33)37)16-23(18-35)28(36)34(33,39)30(19)40-31(38)24-13-9-8-12-22(24)15-21-10-6-5-7-11-21/h5-13,16-17,20,25-28,30,35-36,39H,14-15,18H2,1-4H3/t20-,25+,26-,27+,28-,30+,33+,34+/m1/s1. The molecule has 2 aromatic rings. The van der Waals surface area contributed by atoms with Crippen LogP contribution in [0.5, 0.6) is 0 Å². The van der Waals surface area contributed by atoms with Crippen molar-refractivity contribution < 1.29 is 29.6 Å². The zero-order valence-corrected chi connectivity index (χ0v) is 23.5. The number of allylic oxidation sites excluding steroid dienone is 1. The molecule has 0 aliphatic heterocycles. The Morgan fingerprint density at radius 2 is 1.75 bits per heavy atom. The lowest BCUT2D eigenvalue weighted by atomic mass is 9.59. The summed E-state index contributed by atoms with van der Waals surface area (Å²) in [6.07, 6.45) is 1.83. The molecule has 40 heavy (non-hydrogen) atoms. The van der Waals surface area contributed by atoms with Crippen LogP contribution in [0.25, 0.3) is 0 Å². The molecule has 0 aromatic heterocycles. The minimum absolute atomic E-state index is 0.0492. The minimum Gasteiger partial charge on any atom is -0.451 e. The Kier molecular flexibility index (Phi) is 6.26. The fraction of sp³-hybridized carbons (Fsp3) is 0.471. The van der Waals surface area contributed by atoms with Crippen LogP contribution in [-0.4, -0.2) is 51.5 Å². The molecule has 3 N–H and O–H groups in total. The van der Waals surface area contributed by atoms with E-state index in [1.165, 1.54) is 0 Å². The number of esters is 1. The number of aliphatic hydroxyl groups excluding tert-OH is 2. The van der Waals surface area contributed by atoms with E-state index in [-0.39, 0.29) is 34.5 Å². The highest BCUT2D eigenvalue weighted by Gasteiger charge is 2.76. The Morgan fingerprint density at radius 1 is 1.07 bits per heavy atom. The molecule has 210 valence electrons. The summed E-state index contributed by atoms with van der Waals surface area (Å²) < 4.78 is 6.10. The molecular formula is C34H38O6. The third-order valence-electron chi connectivity index (χ3n) is 10.6. The number of carbonyl (C=O) groups is 2. The van der Waals surface area contributed by atoms with Gasteiger partial charge in [0.2, 0.25) is 0 Å². The van der Waals surface area contributed by atoms with Gasteiger partial charge >= 0.3 is 5.97 Å². The minimum atomic E-state index is -2.15. The summed E-state index contributed by atoms with van der Waals surface area (Å²) in [6.45, 7) is 7.52. The van der Waals surface area contributed by atoms with Gasteiger partial charge < -0.3 is 20.1 Å². The summed E-state index contributed by atoms with van der Waals surface area (Å²) in [5.74, 6) is -1.29. The van der Waals surface area contributed by atoms with E-state index in [9.17, 15) is 24.9 Å². The first-order valence-electron chi connectivity index (χ1n) is 14.3. The van der Waals surface area contributed by atoms with E-state index in [2.05, 4.69) is 13.8 Å². The Hall–Kier alpha value is -3.06. The second kappa shape index (κ2) is 9.23. The molecule has 0 radical (unpaired) electrons. The van der Waals surface area contributed by atoms with E-state index in [1.807, 2.05) is 49.4 Å². The van der Waals surface area contributed by atoms with Crippen LogP contribution in [0, 0.1) is 34.5 Å². The van der Waals surface area contributed by atoms with Gasteiger partial charge in [-0.25, -0.2) is 4.79 Å². The van der Waals surface area contributed by atoms with Crippen LogP contribution < -0.4 is 0 Å². The third kappa shape index (κ3) is 3.59. The van der Waals surface area contributed by atoms with Crippen molar-refractivity contribution in [3.8, 4) is 0 Å². The predicted molar refractivity (Wildman–Crippen MR) is 150 cm³/mol. The summed E-state index contributed by atoms with van der Waals surface area (Å²) >= 11 is 0. The summed E-state index contributed by atoms with van der Waals surface area (Å²) in [5, 5.41) is 34.7. The Morgan fingerprint density at radius 3 is 2.45 bits per heavy atom. The molecule has 2 bridgehead atoms. The highest BCUT2D eigenvalue weighted by Crippen LogP contribution is 2.71. The molecule has 6 rings (SSSR count). The molecule has 6 nitrogen and oxygen atoms in total. The normalized spacial score (nSPS) is 37.3. The molecule has 2 fully saturated rings. The van der Waals surface area contributed by atoms with E-state index in [4.69, 9.17) is 4.74 Å². The molecule has 2 saturated carbocycles. The first-order chi connectivity index (χ1) is 19.0. The maximum Gasteiger partial charge on any atom is 0.339 e. The Labute approximate surface area is 235 Å². The number of benzene rings is 2. The van der Waals surface area contributed by atoms with Crippen LogP contribution in [0.1, 0.15) is 55.6 Å². The number of carbonyl (C=O) groups excluding carboxylic acids is 2. The highest BCUT2D eigenvalue weighted by molar-refractivity contribution is 5.96. The number of aliphatic hydroxyl groups is 3. The molecule has 0 saturated heterocycles. The van der Waals surface area contributed by atoms with Crippen molar-refractivity contribution >= 4 is 11.8 Å². The molecule has 4 aliphatic carbocycles. The maximum atomic E-state index is 14.5. The number of ketones is 1. The van der Waals surface area contributed by atoms with Crippen LogP contribution in [0.3, 0.4) is 0 Å². The van der Waals surface area contributed by atoms with Crippen LogP contribution >= 0.6 is 0 Å². The lowest BCUT2D eigenvalue weighted by molar-refractivity contribution is -0.190. The van der Waals surface area contributed by atoms with Crippen molar-refractivity contribution in [2.75, 3.05) is 6.61 Å². The molecule has 0 amide bonds. The van der Waals surface area contributed by atoms with Crippen molar-refractivity contribution in [1.29, 1.82) is 0 Å². The first kappa shape index (κ1) is 27.1. The average molecular weight is 543 g/mol. The summed E-state index contributed by atoms with van der Waals surface area (Å²) in [5.41, 5.74) is -0.736. The molecule has 0 heterocycles. The summed E-state index contributed by atoms with van der Waals surface area (Å²) in [7, 11) is 0. The second-order valence-electron chi connectivity index (χ2n) is 13.0. The van der Waals surface area contributed by atoms with Crippen LogP contribution in [0.4, 0.5) is 0 Å². The van der Waals surface area contributed by atoms with E-state index in [0.717, 1.165) is 11.1 Å². The van der Waals surface area contributed by atoms with Gasteiger partial charge in [0.25, 0.3) is 0 Å². The van der Waals surface area contributed by atoms with E-state index in [0.29, 0.717) is 24.0 Å². The maximum absolute atomic E-state index is 14.5. The van der Waals surface area contributed by atoms with E-state index < -0.39 is 41.7 Å². The fourth-order valence-corrected chi connectivity index (χ4v) is 8.45. The molecule has 4 aliphatic rings. The van der Waals surface area contributed by atoms with Gasteiger partial charge in [-0.15, -0.1) is 0 Å². The van der Waals surface area contributed by atoms with Gasteiger partial charge in [-0.2, -0.15) is 0 Å². The van der Waals surface area contributed by atoms with Crippen LogP contribution in [-0.2, 0) is 16.0 Å². The van der Waals surface area contributed by atoms with Crippen molar-refractivity contribution in [3.05, 3.63) is 94.6 Å². The smallest absolute Gasteiger partial charge is 0.339 e. The molecule has 8 atom stereocenters. The molecular weight excluding hydrogens is 504 g/mol. The van der Waals surface area contributed by atoms with Crippen LogP contribution in [0.2, 0.25) is 0 Å². The van der Waals surface area contributed by atoms with Gasteiger partial charge in [0, 0.05) is 5.92 Å². The lowest BCUT2D eigenvalue weighted by Crippen LogP contribution is -2.65. The number of hydrogen-bond acceptors (Lipinski definition) is 6. The Balaban J connectivity index is 1.40. The fourth-order valence-electron chi connectivity index (χ4n) is 8.45. The van der Waals surface area contributed by atoms with Crippen molar-refractivity contribution in [1.82, 2.24) is 0 Å². The number of rotatable bonds is 5. The van der Waals surface area contributed by atoms with Gasteiger partial charge in [0.05, 0.1) is 17.6 Å². The van der Waals surface area contributed by atoms with Crippen molar-refractivity contribution in [2.45, 2.75) is 58.3 Å². The van der Waals surface area contributed by atoms with Gasteiger partial charge in [-0.3, -0.25) is 4.79 Å². The average Bonchev–Trinajstić information content (AvgIpc) is 3.43. The number of hydrogen-bond donors (Lipinski definition) is 3. The molecule has 6 heteroatoms. The highest BCUT2D eigenvalue weighted by atomic mass is 16.6. The third-order valence-corrected chi connectivity index (χ3v) is 10.6. The second-order valence-corrected chi connectivity index (χ2v) is 13.0. The SMILES string of the molecule is CC1=C[C@]23C(=O)[C@@H](C=C(CO)[C@@H](O)[C@]2(O)[C@H]1OC(=O)c1ccccc1Cc1ccccc1)[C@H]1[C@@H](C[C@H]3C)C1(C)C. The number of Topliss-reactive ketones (excluding diaryl/α,β-unsaturated/α-hetero) is 1. The van der Waals surface area contributed by atoms with E-state index in [1.54, 1.807) is 31.2 Å². The largest absolute Gasteiger partial charge is 0.451 e. The molecule has 0 unspecified atom stereocenters. The Bertz CT molecular complexity index is 1420. The predicted octanol–water partition coefficient (Wildman–Crippen LogP) is 4.27. The van der Waals surface area contributed by atoms with Gasteiger partial charge in [0.15, 0.2) is 17.5 Å². The number of fused-ring (bicyclic) bond motifs is 3. The monoisotopic (exact) mass is 542 g/mol. The lowest BCUT2D eigenvalue weighted by Gasteiger charge is -2.48. The first-order valence-corrected chi connectivity index (χ1v) is 14.3. The zero-order valence-electron chi connectivity index (χ0n) is 23.5. The van der Waals surface area contributed by atoms with Gasteiger partial charge in [0.1, 0.15) is 6.10 Å². The van der Waals surface area contributed by atoms with Crippen molar-refractivity contribution in [3.63, 3.8) is 0 Å². The summed E-state index contributed by atoms with van der Waals surface area (Å²) in [4.78, 5) is 28.3. The van der Waals surface area contributed by atoms with Gasteiger partial charge in [-0.1, -0.05) is 81.5 Å².